The molecule has 0 spiro atoms. The summed E-state index contributed by atoms with van der Waals surface area (Å²) in [5.41, 5.74) is 2.44. The van der Waals surface area contributed by atoms with Crippen LogP contribution in [0.1, 0.15) is 33.6 Å². The Hall–Kier alpha value is -3.02. The number of amides is 2. The Kier molecular flexibility index (Phi) is 5.69. The first kappa shape index (κ1) is 19.3. The lowest BCUT2D eigenvalue weighted by molar-refractivity contribution is 0.0744. The van der Waals surface area contributed by atoms with Crippen LogP contribution in [0.3, 0.4) is 0 Å². The van der Waals surface area contributed by atoms with Gasteiger partial charge >= 0.3 is 0 Å². The third-order valence-electron chi connectivity index (χ3n) is 5.78. The number of anilines is 1. The monoisotopic (exact) mass is 393 g/mol. The van der Waals surface area contributed by atoms with Crippen molar-refractivity contribution in [2.75, 3.05) is 51.3 Å². The quantitative estimate of drug-likeness (QED) is 0.802. The average Bonchev–Trinajstić information content (AvgIpc) is 3.33. The summed E-state index contributed by atoms with van der Waals surface area (Å²) in [7, 11) is 1.66. The van der Waals surface area contributed by atoms with E-state index in [0.717, 1.165) is 50.5 Å². The highest BCUT2D eigenvalue weighted by Crippen LogP contribution is 2.21. The molecule has 2 fully saturated rings. The fraction of sp³-hybridized carbons (Fsp3) is 0.391. The molecule has 2 aromatic rings. The van der Waals surface area contributed by atoms with Crippen LogP contribution in [0.4, 0.5) is 5.69 Å². The number of nitrogens with zero attached hydrogens (tertiary/aromatic N) is 3. The van der Waals surface area contributed by atoms with E-state index >= 15 is 0 Å². The lowest BCUT2D eigenvalue weighted by Gasteiger charge is -2.36. The van der Waals surface area contributed by atoms with Crippen LogP contribution in [0.25, 0.3) is 0 Å². The van der Waals surface area contributed by atoms with Crippen LogP contribution in [0.5, 0.6) is 5.75 Å². The Balaban J connectivity index is 1.34. The fourth-order valence-corrected chi connectivity index (χ4v) is 4.00. The lowest BCUT2D eigenvalue weighted by Crippen LogP contribution is -2.48. The summed E-state index contributed by atoms with van der Waals surface area (Å²) in [6.45, 7) is 4.61. The molecule has 2 aromatic carbocycles. The third kappa shape index (κ3) is 4.21. The molecule has 2 amide bonds. The predicted octanol–water partition coefficient (Wildman–Crippen LogP) is 2.89. The molecule has 0 unspecified atom stereocenters. The van der Waals surface area contributed by atoms with Gasteiger partial charge in [-0.25, -0.2) is 0 Å². The second-order valence-corrected chi connectivity index (χ2v) is 7.55. The van der Waals surface area contributed by atoms with Crippen molar-refractivity contribution in [1.29, 1.82) is 0 Å². The molecule has 6 nitrogen and oxygen atoms in total. The van der Waals surface area contributed by atoms with Crippen molar-refractivity contribution in [2.24, 2.45) is 0 Å². The third-order valence-corrected chi connectivity index (χ3v) is 5.78. The summed E-state index contributed by atoms with van der Waals surface area (Å²) in [5, 5.41) is 0. The molecule has 0 atom stereocenters. The van der Waals surface area contributed by atoms with E-state index < -0.39 is 0 Å². The van der Waals surface area contributed by atoms with Crippen molar-refractivity contribution < 1.29 is 14.3 Å². The number of ether oxygens (including phenoxy) is 1. The Labute approximate surface area is 171 Å². The minimum Gasteiger partial charge on any atom is -0.497 e. The first-order valence-electron chi connectivity index (χ1n) is 10.2. The van der Waals surface area contributed by atoms with Crippen LogP contribution in [-0.4, -0.2) is 68.0 Å². The van der Waals surface area contributed by atoms with Gasteiger partial charge in [-0.15, -0.1) is 0 Å². The van der Waals surface area contributed by atoms with Gasteiger partial charge in [-0.3, -0.25) is 9.59 Å². The SMILES string of the molecule is COc1ccc(N2CCN(C(=O)c3ccc(C(=O)N4CCCC4)cc3)CC2)cc1. The normalized spacial score (nSPS) is 16.8. The molecule has 0 aliphatic carbocycles. The first-order valence-corrected chi connectivity index (χ1v) is 10.2. The number of carbonyl (C=O) groups is 2. The lowest BCUT2D eigenvalue weighted by atomic mass is 10.1. The molecule has 4 rings (SSSR count). The van der Waals surface area contributed by atoms with Gasteiger partial charge < -0.3 is 19.4 Å². The molecule has 6 heteroatoms. The van der Waals surface area contributed by atoms with Gasteiger partial charge in [-0.2, -0.15) is 0 Å². The summed E-state index contributed by atoms with van der Waals surface area (Å²) in [4.78, 5) is 31.4. The van der Waals surface area contributed by atoms with E-state index in [1.807, 2.05) is 34.1 Å². The minimum absolute atomic E-state index is 0.0274. The van der Waals surface area contributed by atoms with Crippen LogP contribution in [0.2, 0.25) is 0 Å². The number of methoxy groups -OCH3 is 1. The maximum atomic E-state index is 12.9. The largest absolute Gasteiger partial charge is 0.497 e. The summed E-state index contributed by atoms with van der Waals surface area (Å²) in [6.07, 6.45) is 2.15. The molecule has 2 aliphatic heterocycles. The predicted molar refractivity (Wildman–Crippen MR) is 113 cm³/mol. The van der Waals surface area contributed by atoms with E-state index in [2.05, 4.69) is 4.90 Å². The molecule has 0 bridgehead atoms. The number of hydrogen-bond acceptors (Lipinski definition) is 4. The van der Waals surface area contributed by atoms with Gasteiger partial charge in [0, 0.05) is 56.1 Å². The first-order chi connectivity index (χ1) is 14.2. The maximum absolute atomic E-state index is 12.9. The molecule has 0 saturated carbocycles. The zero-order chi connectivity index (χ0) is 20.2. The zero-order valence-electron chi connectivity index (χ0n) is 16.8. The van der Waals surface area contributed by atoms with E-state index in [1.54, 1.807) is 31.4 Å². The molecular weight excluding hydrogens is 366 g/mol. The molecule has 0 aromatic heterocycles. The Bertz CT molecular complexity index is 850. The highest BCUT2D eigenvalue weighted by Gasteiger charge is 2.23. The Morgan fingerprint density at radius 3 is 1.66 bits per heavy atom. The summed E-state index contributed by atoms with van der Waals surface area (Å²) >= 11 is 0. The smallest absolute Gasteiger partial charge is 0.253 e. The van der Waals surface area contributed by atoms with E-state index in [4.69, 9.17) is 4.74 Å². The molecular formula is C23H27N3O3. The molecule has 152 valence electrons. The van der Waals surface area contributed by atoms with Gasteiger partial charge in [0.15, 0.2) is 0 Å². The van der Waals surface area contributed by atoms with Gasteiger partial charge in [0.05, 0.1) is 7.11 Å². The van der Waals surface area contributed by atoms with Crippen LogP contribution in [0, 0.1) is 0 Å². The van der Waals surface area contributed by atoms with Gasteiger partial charge in [0.2, 0.25) is 0 Å². The second-order valence-electron chi connectivity index (χ2n) is 7.55. The Morgan fingerprint density at radius 1 is 0.690 bits per heavy atom. The minimum atomic E-state index is 0.0274. The van der Waals surface area contributed by atoms with E-state index in [9.17, 15) is 9.59 Å². The molecule has 2 aliphatic rings. The topological polar surface area (TPSA) is 53.1 Å². The van der Waals surface area contributed by atoms with Crippen molar-refractivity contribution in [3.05, 3.63) is 59.7 Å². The molecule has 0 N–H and O–H groups in total. The molecule has 2 saturated heterocycles. The number of carbonyl (C=O) groups excluding carboxylic acids is 2. The summed E-state index contributed by atoms with van der Waals surface area (Å²) in [5.74, 6) is 0.934. The number of piperazine rings is 1. The second kappa shape index (κ2) is 8.55. The highest BCUT2D eigenvalue weighted by molar-refractivity contribution is 5.98. The van der Waals surface area contributed by atoms with Gasteiger partial charge in [-0.1, -0.05) is 0 Å². The maximum Gasteiger partial charge on any atom is 0.253 e. The number of benzene rings is 2. The van der Waals surface area contributed by atoms with Gasteiger partial charge in [-0.05, 0) is 61.4 Å². The summed E-state index contributed by atoms with van der Waals surface area (Å²) in [6, 6.07) is 15.1. The van der Waals surface area contributed by atoms with Crippen LogP contribution < -0.4 is 9.64 Å². The average molecular weight is 393 g/mol. The molecule has 29 heavy (non-hydrogen) atoms. The number of likely N-dealkylation sites (tertiary alicyclic amines) is 1. The Morgan fingerprint density at radius 2 is 1.17 bits per heavy atom. The standard InChI is InChI=1S/C23H27N3O3/c1-29-21-10-8-20(9-11-21)24-14-16-26(17-15-24)23(28)19-6-4-18(5-7-19)22(27)25-12-2-3-13-25/h4-11H,2-3,12-17H2,1H3. The number of rotatable bonds is 4. The molecule has 0 radical (unpaired) electrons. The molecule has 2 heterocycles. The van der Waals surface area contributed by atoms with Crippen molar-refractivity contribution in [2.45, 2.75) is 12.8 Å². The van der Waals surface area contributed by atoms with Crippen LogP contribution in [0.15, 0.2) is 48.5 Å². The van der Waals surface area contributed by atoms with Crippen molar-refractivity contribution in [1.82, 2.24) is 9.80 Å². The van der Waals surface area contributed by atoms with E-state index in [-0.39, 0.29) is 11.8 Å². The highest BCUT2D eigenvalue weighted by atomic mass is 16.5. The van der Waals surface area contributed by atoms with Gasteiger partial charge in [0.1, 0.15) is 5.75 Å². The number of hydrogen-bond donors (Lipinski definition) is 0. The van der Waals surface area contributed by atoms with Crippen LogP contribution >= 0.6 is 0 Å². The van der Waals surface area contributed by atoms with Crippen molar-refractivity contribution in [3.63, 3.8) is 0 Å². The van der Waals surface area contributed by atoms with Crippen molar-refractivity contribution >= 4 is 17.5 Å². The van der Waals surface area contributed by atoms with Crippen LogP contribution in [-0.2, 0) is 0 Å². The summed E-state index contributed by atoms with van der Waals surface area (Å²) < 4.78 is 5.21. The zero-order valence-corrected chi connectivity index (χ0v) is 16.8. The van der Waals surface area contributed by atoms with Gasteiger partial charge in [0.25, 0.3) is 11.8 Å². The van der Waals surface area contributed by atoms with E-state index in [0.29, 0.717) is 24.2 Å². The van der Waals surface area contributed by atoms with E-state index in [1.165, 1.54) is 0 Å². The van der Waals surface area contributed by atoms with Crippen molar-refractivity contribution in [3.8, 4) is 5.75 Å². The fourth-order valence-electron chi connectivity index (χ4n) is 4.00.